The van der Waals surface area contributed by atoms with Crippen molar-refractivity contribution in [3.8, 4) is 0 Å². The third-order valence-electron chi connectivity index (χ3n) is 4.99. The Hall–Kier alpha value is 0.0969. The molecule has 1 aliphatic heterocycles. The highest BCUT2D eigenvalue weighted by molar-refractivity contribution is 6.46. The number of nitrogens with one attached hydrogen (secondary N) is 1. The van der Waals surface area contributed by atoms with E-state index in [1.54, 1.807) is 0 Å². The standard InChI is InChI=1S/C13H27NO2Si/c1-9-5-6-10(2)12-11(9)7-8-14-13(12)17(15-3)16-4/h9-14,17H,5-8H2,1-4H3. The zero-order chi connectivity index (χ0) is 12.4. The van der Waals surface area contributed by atoms with Crippen molar-refractivity contribution in [3.63, 3.8) is 0 Å². The normalized spacial score (nSPS) is 42.5. The van der Waals surface area contributed by atoms with E-state index in [0.717, 1.165) is 30.2 Å². The highest BCUT2D eigenvalue weighted by Gasteiger charge is 2.46. The smallest absolute Gasteiger partial charge is 0.338 e. The summed E-state index contributed by atoms with van der Waals surface area (Å²) in [6.07, 6.45) is 4.11. The molecule has 1 N–H and O–H groups in total. The van der Waals surface area contributed by atoms with Gasteiger partial charge in [0.15, 0.2) is 0 Å². The van der Waals surface area contributed by atoms with Crippen molar-refractivity contribution in [2.24, 2.45) is 23.7 Å². The number of fused-ring (bicyclic) bond motifs is 1. The van der Waals surface area contributed by atoms with Gasteiger partial charge in [-0.15, -0.1) is 0 Å². The zero-order valence-corrected chi connectivity index (χ0v) is 12.8. The summed E-state index contributed by atoms with van der Waals surface area (Å²) in [4.78, 5) is 0. The molecular formula is C13H27NO2Si. The van der Waals surface area contributed by atoms with Crippen LogP contribution in [0.5, 0.6) is 0 Å². The molecule has 0 aromatic carbocycles. The molecule has 100 valence electrons. The molecule has 5 atom stereocenters. The van der Waals surface area contributed by atoms with Crippen molar-refractivity contribution in [2.75, 3.05) is 20.8 Å². The summed E-state index contributed by atoms with van der Waals surface area (Å²) in [6.45, 7) is 5.99. The first kappa shape index (κ1) is 13.5. The molecule has 3 nitrogen and oxygen atoms in total. The van der Waals surface area contributed by atoms with Gasteiger partial charge in [0.1, 0.15) is 0 Å². The summed E-state index contributed by atoms with van der Waals surface area (Å²) in [6, 6.07) is 0. The van der Waals surface area contributed by atoms with Crippen LogP contribution in [0.15, 0.2) is 0 Å². The maximum absolute atomic E-state index is 5.63. The Morgan fingerprint density at radius 3 is 2.29 bits per heavy atom. The van der Waals surface area contributed by atoms with Gasteiger partial charge in [-0.1, -0.05) is 26.7 Å². The number of piperidine rings is 1. The van der Waals surface area contributed by atoms with Gasteiger partial charge >= 0.3 is 9.28 Å². The molecule has 0 amide bonds. The molecule has 1 saturated carbocycles. The molecule has 2 fully saturated rings. The molecule has 4 heteroatoms. The van der Waals surface area contributed by atoms with Gasteiger partial charge in [-0.3, -0.25) is 0 Å². The van der Waals surface area contributed by atoms with Gasteiger partial charge < -0.3 is 14.2 Å². The maximum atomic E-state index is 5.63. The van der Waals surface area contributed by atoms with Crippen molar-refractivity contribution in [2.45, 2.75) is 38.8 Å². The van der Waals surface area contributed by atoms with Gasteiger partial charge in [0.05, 0.1) is 5.67 Å². The van der Waals surface area contributed by atoms with E-state index in [9.17, 15) is 0 Å². The van der Waals surface area contributed by atoms with E-state index in [2.05, 4.69) is 19.2 Å². The predicted molar refractivity (Wildman–Crippen MR) is 72.1 cm³/mol. The molecule has 1 heterocycles. The Balaban J connectivity index is 2.15. The number of rotatable bonds is 3. The molecule has 0 spiro atoms. The van der Waals surface area contributed by atoms with E-state index in [1.807, 2.05) is 14.2 Å². The van der Waals surface area contributed by atoms with Crippen LogP contribution in [0.3, 0.4) is 0 Å². The lowest BCUT2D eigenvalue weighted by Crippen LogP contribution is -2.59. The number of hydrogen-bond acceptors (Lipinski definition) is 3. The van der Waals surface area contributed by atoms with E-state index in [0.29, 0.717) is 5.67 Å². The molecule has 17 heavy (non-hydrogen) atoms. The van der Waals surface area contributed by atoms with Crippen molar-refractivity contribution in [1.29, 1.82) is 0 Å². The van der Waals surface area contributed by atoms with E-state index >= 15 is 0 Å². The molecule has 2 aliphatic rings. The van der Waals surface area contributed by atoms with Crippen molar-refractivity contribution >= 4 is 9.28 Å². The van der Waals surface area contributed by atoms with Crippen LogP contribution in [-0.2, 0) is 8.85 Å². The van der Waals surface area contributed by atoms with Crippen LogP contribution in [-0.4, -0.2) is 35.7 Å². The molecule has 0 aromatic heterocycles. The van der Waals surface area contributed by atoms with Gasteiger partial charge in [0, 0.05) is 14.2 Å². The van der Waals surface area contributed by atoms with E-state index in [1.165, 1.54) is 19.3 Å². The zero-order valence-electron chi connectivity index (χ0n) is 11.6. The lowest BCUT2D eigenvalue weighted by molar-refractivity contribution is 0.0515. The van der Waals surface area contributed by atoms with Gasteiger partial charge in [-0.2, -0.15) is 0 Å². The van der Waals surface area contributed by atoms with E-state index in [4.69, 9.17) is 8.85 Å². The van der Waals surface area contributed by atoms with Crippen molar-refractivity contribution < 1.29 is 8.85 Å². The highest BCUT2D eigenvalue weighted by atomic mass is 28.3. The first-order chi connectivity index (χ1) is 8.19. The fourth-order valence-electron chi connectivity index (χ4n) is 4.05. The van der Waals surface area contributed by atoms with Gasteiger partial charge in [-0.25, -0.2) is 0 Å². The Labute approximate surface area is 107 Å². The topological polar surface area (TPSA) is 30.5 Å². The molecule has 0 radical (unpaired) electrons. The van der Waals surface area contributed by atoms with Crippen LogP contribution in [0.1, 0.15) is 33.1 Å². The third-order valence-corrected chi connectivity index (χ3v) is 7.19. The molecular weight excluding hydrogens is 230 g/mol. The monoisotopic (exact) mass is 257 g/mol. The summed E-state index contributed by atoms with van der Waals surface area (Å²) in [5, 5.41) is 3.68. The first-order valence-corrected chi connectivity index (χ1v) is 8.59. The van der Waals surface area contributed by atoms with Crippen LogP contribution in [0.25, 0.3) is 0 Å². The second-order valence-electron chi connectivity index (χ2n) is 5.88. The van der Waals surface area contributed by atoms with Crippen LogP contribution >= 0.6 is 0 Å². The van der Waals surface area contributed by atoms with Crippen LogP contribution in [0, 0.1) is 23.7 Å². The van der Waals surface area contributed by atoms with Crippen LogP contribution in [0.2, 0.25) is 0 Å². The lowest BCUT2D eigenvalue weighted by atomic mass is 9.65. The minimum atomic E-state index is -1.54. The van der Waals surface area contributed by atoms with E-state index < -0.39 is 9.28 Å². The molecule has 5 unspecified atom stereocenters. The largest absolute Gasteiger partial charge is 0.399 e. The quantitative estimate of drug-likeness (QED) is 0.781. The Bertz CT molecular complexity index is 248. The summed E-state index contributed by atoms with van der Waals surface area (Å²) in [7, 11) is 2.07. The Morgan fingerprint density at radius 2 is 1.65 bits per heavy atom. The van der Waals surface area contributed by atoms with Crippen molar-refractivity contribution in [1.82, 2.24) is 5.32 Å². The average molecular weight is 257 g/mol. The fourth-order valence-corrected chi connectivity index (χ4v) is 6.22. The third kappa shape index (κ3) is 2.60. The maximum Gasteiger partial charge on any atom is 0.338 e. The molecule has 2 rings (SSSR count). The summed E-state index contributed by atoms with van der Waals surface area (Å²) < 4.78 is 11.3. The molecule has 1 aliphatic carbocycles. The summed E-state index contributed by atoms with van der Waals surface area (Å²) in [5.41, 5.74) is 0.501. The molecule has 1 saturated heterocycles. The second-order valence-corrected chi connectivity index (χ2v) is 8.28. The minimum Gasteiger partial charge on any atom is -0.399 e. The van der Waals surface area contributed by atoms with Crippen molar-refractivity contribution in [3.05, 3.63) is 0 Å². The Kier molecular flexibility index (Phi) is 4.63. The van der Waals surface area contributed by atoms with Gasteiger partial charge in [0.25, 0.3) is 0 Å². The van der Waals surface area contributed by atoms with Gasteiger partial charge in [0.2, 0.25) is 0 Å². The summed E-state index contributed by atoms with van der Waals surface area (Å²) in [5.74, 6) is 3.34. The average Bonchev–Trinajstić information content (AvgIpc) is 2.35. The van der Waals surface area contributed by atoms with E-state index in [-0.39, 0.29) is 0 Å². The number of hydrogen-bond donors (Lipinski definition) is 1. The predicted octanol–water partition coefficient (Wildman–Crippen LogP) is 1.70. The molecule has 0 aromatic rings. The Morgan fingerprint density at radius 1 is 1.00 bits per heavy atom. The van der Waals surface area contributed by atoms with Crippen LogP contribution in [0.4, 0.5) is 0 Å². The first-order valence-electron chi connectivity index (χ1n) is 6.98. The SMILES string of the molecule is CO[SiH](OC)C1NCCC2C(C)CCC(C)C21. The van der Waals surface area contributed by atoms with Crippen LogP contribution < -0.4 is 5.32 Å². The highest BCUT2D eigenvalue weighted by Crippen LogP contribution is 2.44. The summed E-state index contributed by atoms with van der Waals surface area (Å²) >= 11 is 0. The second kappa shape index (κ2) is 5.82. The lowest BCUT2D eigenvalue weighted by Gasteiger charge is -2.49. The fraction of sp³-hybridized carbons (Fsp3) is 1.00. The minimum absolute atomic E-state index is 0.501. The molecule has 0 bridgehead atoms. The van der Waals surface area contributed by atoms with Gasteiger partial charge in [-0.05, 0) is 36.6 Å².